The Morgan fingerprint density at radius 2 is 1.69 bits per heavy atom. The molecule has 1 heterocycles. The number of carboxylic acid groups (broad SMARTS) is 1. The van der Waals surface area contributed by atoms with Crippen molar-refractivity contribution in [1.29, 1.82) is 0 Å². The van der Waals surface area contributed by atoms with Crippen LogP contribution < -0.4 is 4.90 Å². The number of benzene rings is 2. The van der Waals surface area contributed by atoms with Crippen molar-refractivity contribution in [3.63, 3.8) is 0 Å². The molecule has 26 heavy (non-hydrogen) atoms. The molecule has 0 amide bonds. The van der Waals surface area contributed by atoms with Crippen LogP contribution in [0.15, 0.2) is 30.3 Å². The van der Waals surface area contributed by atoms with Crippen LogP contribution in [-0.4, -0.2) is 42.2 Å². The predicted molar refractivity (Wildman–Crippen MR) is 102 cm³/mol. The maximum atomic E-state index is 13.9. The van der Waals surface area contributed by atoms with Gasteiger partial charge in [-0.1, -0.05) is 34.8 Å². The van der Waals surface area contributed by atoms with Crippen LogP contribution in [0.5, 0.6) is 0 Å². The van der Waals surface area contributed by atoms with Crippen LogP contribution in [0.25, 0.3) is 0 Å². The summed E-state index contributed by atoms with van der Waals surface area (Å²) in [6.45, 7) is 3.55. The van der Waals surface area contributed by atoms with Gasteiger partial charge >= 0.3 is 5.97 Å². The molecule has 0 bridgehead atoms. The minimum Gasteiger partial charge on any atom is -0.478 e. The summed E-state index contributed by atoms with van der Waals surface area (Å²) >= 11 is 18.2. The maximum Gasteiger partial charge on any atom is 0.338 e. The topological polar surface area (TPSA) is 43.8 Å². The number of piperazine rings is 1. The van der Waals surface area contributed by atoms with Crippen molar-refractivity contribution in [3.05, 3.63) is 62.3 Å². The summed E-state index contributed by atoms with van der Waals surface area (Å²) in [6, 6.07) is 7.92. The van der Waals surface area contributed by atoms with Crippen LogP contribution in [0.3, 0.4) is 0 Å². The summed E-state index contributed by atoms with van der Waals surface area (Å²) < 4.78 is 13.9. The number of anilines is 1. The first-order chi connectivity index (χ1) is 12.3. The number of halogens is 4. The molecule has 1 aliphatic heterocycles. The fraction of sp³-hybridized carbons (Fsp3) is 0.278. The Morgan fingerprint density at radius 3 is 2.31 bits per heavy atom. The molecule has 0 spiro atoms. The third-order valence-corrected chi connectivity index (χ3v) is 5.49. The molecule has 2 aromatic carbocycles. The van der Waals surface area contributed by atoms with Crippen molar-refractivity contribution in [3.8, 4) is 0 Å². The fourth-order valence-electron chi connectivity index (χ4n) is 2.96. The molecule has 0 aromatic heterocycles. The van der Waals surface area contributed by atoms with Gasteiger partial charge in [0.15, 0.2) is 0 Å². The summed E-state index contributed by atoms with van der Waals surface area (Å²) in [4.78, 5) is 15.3. The van der Waals surface area contributed by atoms with Gasteiger partial charge in [0.2, 0.25) is 0 Å². The minimum absolute atomic E-state index is 0.260. The highest BCUT2D eigenvalue weighted by Gasteiger charge is 2.20. The van der Waals surface area contributed by atoms with Crippen molar-refractivity contribution in [1.82, 2.24) is 4.90 Å². The lowest BCUT2D eigenvalue weighted by Crippen LogP contribution is -2.46. The number of aromatic carboxylic acids is 1. The van der Waals surface area contributed by atoms with Crippen molar-refractivity contribution in [2.24, 2.45) is 0 Å². The average Bonchev–Trinajstić information content (AvgIpc) is 2.60. The monoisotopic (exact) mass is 416 g/mol. The first kappa shape index (κ1) is 19.2. The summed E-state index contributed by atoms with van der Waals surface area (Å²) in [5.74, 6) is -2.10. The zero-order valence-corrected chi connectivity index (χ0v) is 16.0. The molecule has 1 saturated heterocycles. The Hall–Kier alpha value is -1.53. The summed E-state index contributed by atoms with van der Waals surface area (Å²) in [7, 11) is 0. The van der Waals surface area contributed by atoms with Gasteiger partial charge in [0, 0.05) is 43.4 Å². The average molecular weight is 418 g/mol. The molecule has 0 unspecified atom stereocenters. The smallest absolute Gasteiger partial charge is 0.338 e. The van der Waals surface area contributed by atoms with Gasteiger partial charge in [0.1, 0.15) is 5.82 Å². The molecule has 1 fully saturated rings. The van der Waals surface area contributed by atoms with Gasteiger partial charge in [0.25, 0.3) is 0 Å². The van der Waals surface area contributed by atoms with E-state index in [2.05, 4.69) is 9.80 Å². The van der Waals surface area contributed by atoms with Crippen LogP contribution in [-0.2, 0) is 6.54 Å². The summed E-state index contributed by atoms with van der Waals surface area (Å²) in [5.41, 5.74) is 1.18. The van der Waals surface area contributed by atoms with Crippen molar-refractivity contribution in [2.45, 2.75) is 6.54 Å². The molecule has 2 aromatic rings. The second-order valence-electron chi connectivity index (χ2n) is 6.09. The van der Waals surface area contributed by atoms with E-state index in [9.17, 15) is 9.18 Å². The second kappa shape index (κ2) is 8.01. The highest BCUT2D eigenvalue weighted by atomic mass is 35.5. The van der Waals surface area contributed by atoms with Crippen LogP contribution in [0.4, 0.5) is 10.1 Å². The van der Waals surface area contributed by atoms with Gasteiger partial charge < -0.3 is 10.0 Å². The minimum atomic E-state index is -1.33. The number of rotatable bonds is 4. The molecule has 1 aliphatic rings. The third kappa shape index (κ3) is 4.23. The lowest BCUT2D eigenvalue weighted by molar-refractivity contribution is 0.0692. The Kier molecular flexibility index (Phi) is 5.92. The first-order valence-corrected chi connectivity index (χ1v) is 9.12. The SMILES string of the molecule is O=C(O)c1cc(Cl)c(CN2CCN(c3ccc(Cl)c(Cl)c3)CC2)cc1F. The van der Waals surface area contributed by atoms with E-state index in [0.29, 0.717) is 22.2 Å². The van der Waals surface area contributed by atoms with Gasteiger partial charge in [-0.15, -0.1) is 0 Å². The van der Waals surface area contributed by atoms with E-state index in [4.69, 9.17) is 39.9 Å². The molecule has 0 aliphatic carbocycles. The number of carbonyl (C=O) groups is 1. The second-order valence-corrected chi connectivity index (χ2v) is 7.31. The predicted octanol–water partition coefficient (Wildman–Crippen LogP) is 4.81. The van der Waals surface area contributed by atoms with Crippen LogP contribution in [0.1, 0.15) is 15.9 Å². The van der Waals surface area contributed by atoms with E-state index < -0.39 is 17.3 Å². The van der Waals surface area contributed by atoms with Gasteiger partial charge in [-0.25, -0.2) is 9.18 Å². The third-order valence-electron chi connectivity index (χ3n) is 4.40. The molecule has 0 atom stereocenters. The molecule has 0 radical (unpaired) electrons. The van der Waals surface area contributed by atoms with E-state index in [1.54, 1.807) is 6.07 Å². The quantitative estimate of drug-likeness (QED) is 0.775. The Bertz CT molecular complexity index is 839. The van der Waals surface area contributed by atoms with E-state index in [1.807, 2.05) is 12.1 Å². The molecular formula is C18H16Cl3FN2O2. The van der Waals surface area contributed by atoms with E-state index in [0.717, 1.165) is 31.9 Å². The van der Waals surface area contributed by atoms with E-state index in [-0.39, 0.29) is 5.02 Å². The number of hydrogen-bond acceptors (Lipinski definition) is 3. The maximum absolute atomic E-state index is 13.9. The Labute approximate surface area is 165 Å². The van der Waals surface area contributed by atoms with Gasteiger partial charge in [-0.2, -0.15) is 0 Å². The Balaban J connectivity index is 1.65. The van der Waals surface area contributed by atoms with E-state index >= 15 is 0 Å². The number of hydrogen-bond donors (Lipinski definition) is 1. The highest BCUT2D eigenvalue weighted by Crippen LogP contribution is 2.28. The molecule has 0 saturated carbocycles. The van der Waals surface area contributed by atoms with Crippen LogP contribution in [0, 0.1) is 5.82 Å². The molecule has 138 valence electrons. The van der Waals surface area contributed by atoms with E-state index in [1.165, 1.54) is 12.1 Å². The van der Waals surface area contributed by atoms with Crippen LogP contribution in [0.2, 0.25) is 15.1 Å². The summed E-state index contributed by atoms with van der Waals surface area (Å²) in [5, 5.41) is 10.2. The molecule has 1 N–H and O–H groups in total. The van der Waals surface area contributed by atoms with Gasteiger partial charge in [-0.05, 0) is 35.9 Å². The standard InChI is InChI=1S/C18H16Cl3FN2O2/c19-14-2-1-12(8-16(14)21)24-5-3-23(4-6-24)10-11-7-17(22)13(18(25)26)9-15(11)20/h1-2,7-9H,3-6,10H2,(H,25,26). The number of carboxylic acids is 1. The van der Waals surface area contributed by atoms with Crippen molar-refractivity contribution in [2.75, 3.05) is 31.1 Å². The summed E-state index contributed by atoms with van der Waals surface area (Å²) in [6.07, 6.45) is 0. The highest BCUT2D eigenvalue weighted by molar-refractivity contribution is 6.42. The molecular weight excluding hydrogens is 402 g/mol. The van der Waals surface area contributed by atoms with Gasteiger partial charge in [0.05, 0.1) is 15.6 Å². The van der Waals surface area contributed by atoms with Crippen molar-refractivity contribution < 1.29 is 14.3 Å². The van der Waals surface area contributed by atoms with Gasteiger partial charge in [-0.3, -0.25) is 4.90 Å². The Morgan fingerprint density at radius 1 is 1.00 bits per heavy atom. The van der Waals surface area contributed by atoms with Crippen LogP contribution >= 0.6 is 34.8 Å². The largest absolute Gasteiger partial charge is 0.478 e. The molecule has 8 heteroatoms. The zero-order valence-electron chi connectivity index (χ0n) is 13.7. The van der Waals surface area contributed by atoms with Crippen molar-refractivity contribution >= 4 is 46.5 Å². The lowest BCUT2D eigenvalue weighted by atomic mass is 10.1. The number of nitrogens with zero attached hydrogens (tertiary/aromatic N) is 2. The fourth-order valence-corrected chi connectivity index (χ4v) is 3.48. The normalized spacial score (nSPS) is 15.3. The molecule has 3 rings (SSSR count). The molecule has 4 nitrogen and oxygen atoms in total. The zero-order chi connectivity index (χ0) is 18.8. The lowest BCUT2D eigenvalue weighted by Gasteiger charge is -2.36. The first-order valence-electron chi connectivity index (χ1n) is 7.98.